The number of nitrogens with zero attached hydrogens (tertiary/aromatic N) is 4. The molecule has 1 saturated heterocycles. The number of hydrogen-bond donors (Lipinski definition) is 2. The first-order chi connectivity index (χ1) is 16.4. The number of ether oxygens (including phenoxy) is 2. The summed E-state index contributed by atoms with van der Waals surface area (Å²) in [5, 5.41) is 4.16. The van der Waals surface area contributed by atoms with Gasteiger partial charge in [-0.25, -0.2) is 9.97 Å². The molecular weight excluding hydrogens is 432 g/mol. The second-order valence-corrected chi connectivity index (χ2v) is 9.04. The Morgan fingerprint density at radius 2 is 1.94 bits per heavy atom. The minimum absolute atomic E-state index is 0.0660. The van der Waals surface area contributed by atoms with Gasteiger partial charge in [0.25, 0.3) is 5.91 Å². The molecule has 0 aliphatic carbocycles. The SMILES string of the molecule is CN(C)C(=O)c1cc2cc(Nc3nccc(-c4cc(OCC5(C)COC5)ccn4)n3)ccc2[nH]1. The van der Waals surface area contributed by atoms with Gasteiger partial charge in [-0.05, 0) is 36.4 Å². The van der Waals surface area contributed by atoms with E-state index in [1.165, 1.54) is 0 Å². The van der Waals surface area contributed by atoms with Crippen molar-refractivity contribution in [3.63, 3.8) is 0 Å². The molecule has 2 N–H and O–H groups in total. The van der Waals surface area contributed by atoms with Crippen LogP contribution in [-0.4, -0.2) is 64.7 Å². The van der Waals surface area contributed by atoms with Gasteiger partial charge < -0.3 is 24.7 Å². The van der Waals surface area contributed by atoms with E-state index in [-0.39, 0.29) is 11.3 Å². The molecule has 9 heteroatoms. The van der Waals surface area contributed by atoms with E-state index in [4.69, 9.17) is 9.47 Å². The molecule has 1 aliphatic heterocycles. The standard InChI is InChI=1S/C25H26N6O3/c1-25(13-33-14-25)15-34-18-6-8-26-21(12-18)20-7-9-27-24(30-20)28-17-4-5-19-16(10-17)11-22(29-19)23(32)31(2)3/h4-12,29H,13-15H2,1-3H3,(H,27,28,30). The van der Waals surface area contributed by atoms with Crippen LogP contribution < -0.4 is 10.1 Å². The maximum Gasteiger partial charge on any atom is 0.269 e. The fraction of sp³-hybridized carbons (Fsp3) is 0.280. The van der Waals surface area contributed by atoms with E-state index in [1.54, 1.807) is 31.4 Å². The summed E-state index contributed by atoms with van der Waals surface area (Å²) in [7, 11) is 3.46. The maximum absolute atomic E-state index is 12.2. The lowest BCUT2D eigenvalue weighted by Crippen LogP contribution is -2.44. The zero-order valence-electron chi connectivity index (χ0n) is 19.3. The lowest BCUT2D eigenvalue weighted by Gasteiger charge is -2.37. The first-order valence-corrected chi connectivity index (χ1v) is 11.0. The topological polar surface area (TPSA) is 105 Å². The van der Waals surface area contributed by atoms with Crippen LogP contribution in [0.5, 0.6) is 5.75 Å². The number of carbonyl (C=O) groups excluding carboxylic acids is 1. The fourth-order valence-electron chi connectivity index (χ4n) is 3.69. The van der Waals surface area contributed by atoms with Crippen LogP contribution in [-0.2, 0) is 4.74 Å². The van der Waals surface area contributed by atoms with Crippen LogP contribution in [0.4, 0.5) is 11.6 Å². The summed E-state index contributed by atoms with van der Waals surface area (Å²) in [5.41, 5.74) is 3.69. The minimum atomic E-state index is -0.0735. The third-order valence-electron chi connectivity index (χ3n) is 5.65. The van der Waals surface area contributed by atoms with E-state index < -0.39 is 0 Å². The number of pyridine rings is 1. The van der Waals surface area contributed by atoms with Crippen LogP contribution >= 0.6 is 0 Å². The Morgan fingerprint density at radius 1 is 1.12 bits per heavy atom. The Bertz CT molecular complexity index is 1350. The molecule has 0 bridgehead atoms. The highest BCUT2D eigenvalue weighted by Crippen LogP contribution is 2.29. The van der Waals surface area contributed by atoms with Crippen molar-refractivity contribution in [1.29, 1.82) is 0 Å². The van der Waals surface area contributed by atoms with Crippen LogP contribution in [0, 0.1) is 5.41 Å². The number of anilines is 2. The van der Waals surface area contributed by atoms with Crippen LogP contribution in [0.3, 0.4) is 0 Å². The molecule has 174 valence electrons. The van der Waals surface area contributed by atoms with Gasteiger partial charge in [0.2, 0.25) is 5.95 Å². The van der Waals surface area contributed by atoms with Crippen LogP contribution in [0.25, 0.3) is 22.3 Å². The fourth-order valence-corrected chi connectivity index (χ4v) is 3.69. The molecule has 9 nitrogen and oxygen atoms in total. The molecule has 0 radical (unpaired) electrons. The number of rotatable bonds is 7. The highest BCUT2D eigenvalue weighted by molar-refractivity contribution is 5.98. The molecule has 1 fully saturated rings. The molecule has 0 saturated carbocycles. The average molecular weight is 459 g/mol. The lowest BCUT2D eigenvalue weighted by atomic mass is 9.90. The van der Waals surface area contributed by atoms with Gasteiger partial charge in [0.15, 0.2) is 0 Å². The monoisotopic (exact) mass is 458 g/mol. The van der Waals surface area contributed by atoms with Crippen molar-refractivity contribution in [2.45, 2.75) is 6.92 Å². The molecule has 5 rings (SSSR count). The van der Waals surface area contributed by atoms with Crippen LogP contribution in [0.2, 0.25) is 0 Å². The highest BCUT2D eigenvalue weighted by Gasteiger charge is 2.34. The number of carbonyl (C=O) groups is 1. The van der Waals surface area contributed by atoms with E-state index in [0.29, 0.717) is 42.9 Å². The highest BCUT2D eigenvalue weighted by atomic mass is 16.5. The van der Waals surface area contributed by atoms with Crippen molar-refractivity contribution in [1.82, 2.24) is 24.8 Å². The van der Waals surface area contributed by atoms with Gasteiger partial charge in [-0.2, -0.15) is 0 Å². The first kappa shape index (κ1) is 21.8. The molecule has 0 atom stereocenters. The van der Waals surface area contributed by atoms with Crippen molar-refractivity contribution in [2.24, 2.45) is 5.41 Å². The Kier molecular flexibility index (Phi) is 5.62. The quantitative estimate of drug-likeness (QED) is 0.433. The molecule has 4 aromatic rings. The molecule has 0 spiro atoms. The predicted octanol–water partition coefficient (Wildman–Crippen LogP) is 3.88. The first-order valence-electron chi connectivity index (χ1n) is 11.0. The summed E-state index contributed by atoms with van der Waals surface area (Å²) >= 11 is 0. The minimum Gasteiger partial charge on any atom is -0.493 e. The number of amides is 1. The molecule has 1 amide bonds. The number of aromatic nitrogens is 4. The largest absolute Gasteiger partial charge is 0.493 e. The van der Waals surface area contributed by atoms with Crippen molar-refractivity contribution in [2.75, 3.05) is 39.2 Å². The summed E-state index contributed by atoms with van der Waals surface area (Å²) in [6, 6.07) is 13.2. The number of H-pyrrole nitrogens is 1. The Morgan fingerprint density at radius 3 is 2.71 bits per heavy atom. The summed E-state index contributed by atoms with van der Waals surface area (Å²) in [5.74, 6) is 1.12. The van der Waals surface area contributed by atoms with Crippen molar-refractivity contribution in [3.8, 4) is 17.1 Å². The lowest BCUT2D eigenvalue weighted by molar-refractivity contribution is -0.120. The van der Waals surface area contributed by atoms with E-state index in [9.17, 15) is 4.79 Å². The molecule has 1 aliphatic rings. The third kappa shape index (κ3) is 4.55. The van der Waals surface area contributed by atoms with Crippen LogP contribution in [0.1, 0.15) is 17.4 Å². The summed E-state index contributed by atoms with van der Waals surface area (Å²) in [6.45, 7) is 4.17. The number of benzene rings is 1. The van der Waals surface area contributed by atoms with E-state index in [2.05, 4.69) is 32.2 Å². The molecule has 34 heavy (non-hydrogen) atoms. The van der Waals surface area contributed by atoms with Gasteiger partial charge in [-0.1, -0.05) is 6.92 Å². The molecule has 3 aromatic heterocycles. The van der Waals surface area contributed by atoms with Gasteiger partial charge >= 0.3 is 0 Å². The number of aromatic amines is 1. The van der Waals surface area contributed by atoms with Gasteiger partial charge in [-0.3, -0.25) is 9.78 Å². The predicted molar refractivity (Wildman–Crippen MR) is 129 cm³/mol. The van der Waals surface area contributed by atoms with Crippen LogP contribution in [0.15, 0.2) is 54.9 Å². The van der Waals surface area contributed by atoms with Gasteiger partial charge in [0.05, 0.1) is 31.2 Å². The second kappa shape index (κ2) is 8.75. The average Bonchev–Trinajstić information content (AvgIpc) is 3.25. The number of fused-ring (bicyclic) bond motifs is 1. The summed E-state index contributed by atoms with van der Waals surface area (Å²) < 4.78 is 11.3. The Balaban J connectivity index is 1.33. The Labute approximate surface area is 197 Å². The second-order valence-electron chi connectivity index (χ2n) is 9.04. The summed E-state index contributed by atoms with van der Waals surface area (Å²) in [4.78, 5) is 30.3. The smallest absolute Gasteiger partial charge is 0.269 e. The molecule has 1 aromatic carbocycles. The third-order valence-corrected chi connectivity index (χ3v) is 5.65. The van der Waals surface area contributed by atoms with Crippen molar-refractivity contribution < 1.29 is 14.3 Å². The van der Waals surface area contributed by atoms with Crippen molar-refractivity contribution >= 4 is 28.4 Å². The normalized spacial score (nSPS) is 14.4. The summed E-state index contributed by atoms with van der Waals surface area (Å²) in [6.07, 6.45) is 3.40. The maximum atomic E-state index is 12.2. The molecule has 0 unspecified atom stereocenters. The number of hydrogen-bond acceptors (Lipinski definition) is 7. The van der Waals surface area contributed by atoms with Gasteiger partial charge in [-0.15, -0.1) is 0 Å². The number of nitrogens with one attached hydrogen (secondary N) is 2. The zero-order chi connectivity index (χ0) is 23.7. The van der Waals surface area contributed by atoms with Gasteiger partial charge in [0, 0.05) is 54.6 Å². The van der Waals surface area contributed by atoms with E-state index in [0.717, 1.165) is 22.3 Å². The zero-order valence-corrected chi connectivity index (χ0v) is 19.3. The Hall–Kier alpha value is -3.98. The van der Waals surface area contributed by atoms with Gasteiger partial charge in [0.1, 0.15) is 11.4 Å². The molecule has 4 heterocycles. The molecular formula is C25H26N6O3. The van der Waals surface area contributed by atoms with Crippen molar-refractivity contribution in [3.05, 3.63) is 60.6 Å². The van der Waals surface area contributed by atoms with E-state index >= 15 is 0 Å². The van der Waals surface area contributed by atoms with E-state index in [1.807, 2.05) is 42.5 Å².